The van der Waals surface area contributed by atoms with E-state index in [1.165, 1.54) is 0 Å². The van der Waals surface area contributed by atoms with Crippen molar-refractivity contribution in [2.45, 2.75) is 32.5 Å². The summed E-state index contributed by atoms with van der Waals surface area (Å²) in [5.74, 6) is 0. The molecule has 0 bridgehead atoms. The summed E-state index contributed by atoms with van der Waals surface area (Å²) in [4.78, 5) is 11.5. The molecule has 1 unspecified atom stereocenters. The second kappa shape index (κ2) is 4.19. The third-order valence-electron chi connectivity index (χ3n) is 1.70. The Morgan fingerprint density at radius 3 is 2.50 bits per heavy atom. The fourth-order valence-corrected chi connectivity index (χ4v) is 2.24. The Labute approximate surface area is 94.2 Å². The van der Waals surface area contributed by atoms with Crippen LogP contribution in [-0.4, -0.2) is 48.8 Å². The predicted octanol–water partition coefficient (Wildman–Crippen LogP) is -0.141. The Morgan fingerprint density at radius 2 is 2.12 bits per heavy atom. The van der Waals surface area contributed by atoms with Gasteiger partial charge < -0.3 is 9.84 Å². The summed E-state index contributed by atoms with van der Waals surface area (Å²) >= 11 is 0. The van der Waals surface area contributed by atoms with E-state index >= 15 is 0 Å². The summed E-state index contributed by atoms with van der Waals surface area (Å²) in [7, 11) is -4.12. The lowest BCUT2D eigenvalue weighted by atomic mass is 10.2. The van der Waals surface area contributed by atoms with Gasteiger partial charge in [0, 0.05) is 0 Å². The van der Waals surface area contributed by atoms with Gasteiger partial charge in [0.2, 0.25) is 0 Å². The Hall–Kier alpha value is -0.860. The zero-order valence-electron chi connectivity index (χ0n) is 9.34. The van der Waals surface area contributed by atoms with Crippen LogP contribution in [0.1, 0.15) is 20.8 Å². The van der Waals surface area contributed by atoms with Gasteiger partial charge in [0.25, 0.3) is 0 Å². The van der Waals surface area contributed by atoms with Gasteiger partial charge in [-0.25, -0.2) is 8.98 Å². The van der Waals surface area contributed by atoms with E-state index in [1.807, 2.05) is 0 Å². The molecule has 94 valence electrons. The molecule has 1 atom stereocenters. The molecule has 8 heteroatoms. The number of hydrogen-bond donors (Lipinski definition) is 1. The summed E-state index contributed by atoms with van der Waals surface area (Å²) < 4.78 is 32.6. The van der Waals surface area contributed by atoms with Crippen LogP contribution in [-0.2, 0) is 19.2 Å². The van der Waals surface area contributed by atoms with Crippen molar-refractivity contribution in [2.75, 3.05) is 13.2 Å². The number of aliphatic hydroxyl groups is 1. The topological polar surface area (TPSA) is 93.1 Å². The lowest BCUT2D eigenvalue weighted by molar-refractivity contribution is 0.0390. The summed E-state index contributed by atoms with van der Waals surface area (Å²) in [5.41, 5.74) is -0.788. The molecule has 0 aromatic rings. The fourth-order valence-electron chi connectivity index (χ4n) is 1.10. The maximum Gasteiger partial charge on any atom is 0.425 e. The van der Waals surface area contributed by atoms with Crippen LogP contribution in [0.4, 0.5) is 4.79 Å². The molecule has 1 heterocycles. The Bertz CT molecular complexity index is 370. The van der Waals surface area contributed by atoms with Gasteiger partial charge in [-0.2, -0.15) is 12.7 Å². The molecule has 1 saturated heterocycles. The van der Waals surface area contributed by atoms with Gasteiger partial charge in [0.1, 0.15) is 11.7 Å². The van der Waals surface area contributed by atoms with E-state index in [9.17, 15) is 13.2 Å². The molecule has 16 heavy (non-hydrogen) atoms. The number of ether oxygens (including phenoxy) is 1. The van der Waals surface area contributed by atoms with Crippen LogP contribution < -0.4 is 0 Å². The predicted molar refractivity (Wildman–Crippen MR) is 53.8 cm³/mol. The molecule has 1 amide bonds. The molecule has 0 aromatic carbocycles. The van der Waals surface area contributed by atoms with Crippen LogP contribution in [0.15, 0.2) is 0 Å². The minimum absolute atomic E-state index is 0.228. The normalized spacial score (nSPS) is 24.5. The molecule has 1 fully saturated rings. The molecule has 0 radical (unpaired) electrons. The van der Waals surface area contributed by atoms with Crippen molar-refractivity contribution in [3.05, 3.63) is 0 Å². The molecule has 1 aliphatic rings. The van der Waals surface area contributed by atoms with E-state index in [-0.39, 0.29) is 6.54 Å². The van der Waals surface area contributed by atoms with Crippen LogP contribution in [0.3, 0.4) is 0 Å². The van der Waals surface area contributed by atoms with E-state index < -0.39 is 34.7 Å². The van der Waals surface area contributed by atoms with Crippen molar-refractivity contribution in [3.63, 3.8) is 0 Å². The number of rotatable bonds is 1. The van der Waals surface area contributed by atoms with Gasteiger partial charge in [-0.3, -0.25) is 0 Å². The van der Waals surface area contributed by atoms with Crippen molar-refractivity contribution in [2.24, 2.45) is 0 Å². The van der Waals surface area contributed by atoms with Crippen molar-refractivity contribution in [3.8, 4) is 0 Å². The van der Waals surface area contributed by atoms with Crippen LogP contribution in [0.2, 0.25) is 0 Å². The molecule has 1 rings (SSSR count). The summed E-state index contributed by atoms with van der Waals surface area (Å²) in [6.45, 7) is 4.17. The Balaban J connectivity index is 2.78. The molecular weight excluding hydrogens is 238 g/mol. The maximum atomic E-state index is 11.5. The SMILES string of the molecule is CC(C)(C)OC(=O)N1CC(CO)OS1(=O)=O. The highest BCUT2D eigenvalue weighted by atomic mass is 32.2. The van der Waals surface area contributed by atoms with E-state index in [2.05, 4.69) is 4.18 Å². The zero-order chi connectivity index (χ0) is 12.6. The molecule has 0 spiro atoms. The number of hydrogen-bond acceptors (Lipinski definition) is 6. The summed E-state index contributed by atoms with van der Waals surface area (Å²) in [6, 6.07) is 0. The van der Waals surface area contributed by atoms with E-state index in [1.54, 1.807) is 20.8 Å². The minimum Gasteiger partial charge on any atom is -0.443 e. The first kappa shape index (κ1) is 13.2. The van der Waals surface area contributed by atoms with Gasteiger partial charge in [-0.15, -0.1) is 0 Å². The quantitative estimate of drug-likeness (QED) is 0.699. The van der Waals surface area contributed by atoms with Gasteiger partial charge in [-0.05, 0) is 20.8 Å². The minimum atomic E-state index is -4.12. The molecule has 0 aliphatic carbocycles. The Kier molecular flexibility index (Phi) is 3.46. The fraction of sp³-hybridized carbons (Fsp3) is 0.875. The van der Waals surface area contributed by atoms with E-state index in [0.29, 0.717) is 4.31 Å². The molecule has 1 N–H and O–H groups in total. The summed E-state index contributed by atoms with van der Waals surface area (Å²) in [5, 5.41) is 8.76. The van der Waals surface area contributed by atoms with Crippen molar-refractivity contribution in [1.82, 2.24) is 4.31 Å². The van der Waals surface area contributed by atoms with Gasteiger partial charge in [0.05, 0.1) is 13.2 Å². The standard InChI is InChI=1S/C8H15NO6S/c1-8(2,3)14-7(11)9-4-6(5-10)15-16(9,12)13/h6,10H,4-5H2,1-3H3. The molecular formula is C8H15NO6S. The third kappa shape index (κ3) is 3.06. The third-order valence-corrected chi connectivity index (χ3v) is 3.05. The lowest BCUT2D eigenvalue weighted by Crippen LogP contribution is -2.38. The van der Waals surface area contributed by atoms with E-state index in [4.69, 9.17) is 9.84 Å². The van der Waals surface area contributed by atoms with Crippen LogP contribution in [0.5, 0.6) is 0 Å². The number of amides is 1. The number of aliphatic hydroxyl groups excluding tert-OH is 1. The highest BCUT2D eigenvalue weighted by Crippen LogP contribution is 2.20. The van der Waals surface area contributed by atoms with Gasteiger partial charge >= 0.3 is 16.4 Å². The van der Waals surface area contributed by atoms with E-state index in [0.717, 1.165) is 0 Å². The second-order valence-corrected chi connectivity index (χ2v) is 5.86. The highest BCUT2D eigenvalue weighted by molar-refractivity contribution is 7.85. The highest BCUT2D eigenvalue weighted by Gasteiger charge is 2.42. The van der Waals surface area contributed by atoms with Gasteiger partial charge in [0.15, 0.2) is 0 Å². The van der Waals surface area contributed by atoms with Crippen molar-refractivity contribution in [1.29, 1.82) is 0 Å². The van der Waals surface area contributed by atoms with Gasteiger partial charge in [-0.1, -0.05) is 0 Å². The van der Waals surface area contributed by atoms with Crippen molar-refractivity contribution >= 4 is 16.4 Å². The first-order chi connectivity index (χ1) is 7.15. The smallest absolute Gasteiger partial charge is 0.425 e. The number of carbonyl (C=O) groups is 1. The second-order valence-electron chi connectivity index (χ2n) is 4.37. The molecule has 1 aliphatic heterocycles. The first-order valence-electron chi connectivity index (χ1n) is 4.70. The lowest BCUT2D eigenvalue weighted by Gasteiger charge is -2.22. The van der Waals surface area contributed by atoms with Crippen LogP contribution >= 0.6 is 0 Å². The van der Waals surface area contributed by atoms with Crippen LogP contribution in [0.25, 0.3) is 0 Å². The number of carbonyl (C=O) groups excluding carboxylic acids is 1. The first-order valence-corrected chi connectivity index (χ1v) is 6.07. The summed E-state index contributed by atoms with van der Waals surface area (Å²) in [6.07, 6.45) is -1.92. The average Bonchev–Trinajstić information content (AvgIpc) is 2.37. The van der Waals surface area contributed by atoms with Crippen molar-refractivity contribution < 1.29 is 27.2 Å². The molecule has 0 saturated carbocycles. The largest absolute Gasteiger partial charge is 0.443 e. The maximum absolute atomic E-state index is 11.5. The van der Waals surface area contributed by atoms with Crippen LogP contribution in [0, 0.1) is 0 Å². The average molecular weight is 253 g/mol. The monoisotopic (exact) mass is 253 g/mol. The molecule has 0 aromatic heterocycles. The number of nitrogens with zero attached hydrogens (tertiary/aromatic N) is 1. The zero-order valence-corrected chi connectivity index (χ0v) is 10.2. The molecule has 7 nitrogen and oxygen atoms in total. The Morgan fingerprint density at radius 1 is 1.56 bits per heavy atom.